The quantitative estimate of drug-likeness (QED) is 0.569. The van der Waals surface area contributed by atoms with E-state index >= 15 is 0 Å². The van der Waals surface area contributed by atoms with Gasteiger partial charge < -0.3 is 14.8 Å². The summed E-state index contributed by atoms with van der Waals surface area (Å²) in [6.45, 7) is 2.76. The van der Waals surface area contributed by atoms with Gasteiger partial charge in [0.05, 0.1) is 25.8 Å². The molecule has 1 aliphatic rings. The van der Waals surface area contributed by atoms with Crippen LogP contribution in [0.2, 0.25) is 0 Å². The minimum absolute atomic E-state index is 0.125. The van der Waals surface area contributed by atoms with Gasteiger partial charge in [-0.3, -0.25) is 9.59 Å². The van der Waals surface area contributed by atoms with E-state index in [2.05, 4.69) is 12.2 Å². The van der Waals surface area contributed by atoms with Crippen molar-refractivity contribution in [3.8, 4) is 11.5 Å². The van der Waals surface area contributed by atoms with Crippen LogP contribution in [-0.2, 0) is 9.59 Å². The molecular weight excluding hydrogens is 344 g/mol. The molecule has 0 aromatic heterocycles. The maximum atomic E-state index is 12.7. The highest BCUT2D eigenvalue weighted by atomic mass is 16.5. The molecule has 1 fully saturated rings. The van der Waals surface area contributed by atoms with Crippen molar-refractivity contribution in [3.63, 3.8) is 0 Å². The number of amides is 2. The Morgan fingerprint density at radius 1 is 1.04 bits per heavy atom. The number of rotatable bonds is 8. The molecule has 0 radical (unpaired) electrons. The zero-order chi connectivity index (χ0) is 19.2. The van der Waals surface area contributed by atoms with Crippen LogP contribution in [0.1, 0.15) is 26.2 Å². The van der Waals surface area contributed by atoms with Crippen molar-refractivity contribution in [2.45, 2.75) is 32.2 Å². The van der Waals surface area contributed by atoms with Crippen LogP contribution in [0.25, 0.3) is 0 Å². The zero-order valence-electron chi connectivity index (χ0n) is 15.6. The summed E-state index contributed by atoms with van der Waals surface area (Å²) in [5.41, 5.74) is 1.33. The number of carbonyl (C=O) groups is 2. The Kier molecular flexibility index (Phi) is 5.96. The van der Waals surface area contributed by atoms with Crippen LogP contribution in [-0.4, -0.2) is 31.6 Å². The maximum absolute atomic E-state index is 12.7. The van der Waals surface area contributed by atoms with Crippen LogP contribution in [0.3, 0.4) is 0 Å². The van der Waals surface area contributed by atoms with Gasteiger partial charge in [-0.25, -0.2) is 4.90 Å². The lowest BCUT2D eigenvalue weighted by Crippen LogP contribution is -2.34. The van der Waals surface area contributed by atoms with Gasteiger partial charge in [0.1, 0.15) is 17.5 Å². The van der Waals surface area contributed by atoms with Crippen LogP contribution in [0.15, 0.2) is 48.5 Å². The molecule has 2 amide bonds. The number of carbonyl (C=O) groups excluding carboxylic acids is 2. The van der Waals surface area contributed by atoms with Crippen molar-refractivity contribution < 1.29 is 19.1 Å². The highest BCUT2D eigenvalue weighted by molar-refractivity contribution is 6.23. The van der Waals surface area contributed by atoms with Gasteiger partial charge in [-0.1, -0.05) is 13.3 Å². The predicted octanol–water partition coefficient (Wildman–Crippen LogP) is 3.62. The molecule has 1 atom stereocenters. The van der Waals surface area contributed by atoms with Crippen LogP contribution in [0.5, 0.6) is 11.5 Å². The first-order valence-corrected chi connectivity index (χ1v) is 9.12. The molecule has 1 saturated heterocycles. The van der Waals surface area contributed by atoms with Crippen molar-refractivity contribution in [1.29, 1.82) is 0 Å². The van der Waals surface area contributed by atoms with Crippen LogP contribution in [0.4, 0.5) is 11.4 Å². The molecule has 1 aliphatic heterocycles. The number of hydrogen-bond acceptors (Lipinski definition) is 5. The number of ether oxygens (including phenoxy) is 2. The summed E-state index contributed by atoms with van der Waals surface area (Å²) in [6.07, 6.45) is 2.18. The Hall–Kier alpha value is -3.02. The van der Waals surface area contributed by atoms with Crippen molar-refractivity contribution in [2.24, 2.45) is 0 Å². The second kappa shape index (κ2) is 8.58. The monoisotopic (exact) mass is 368 g/mol. The van der Waals surface area contributed by atoms with E-state index in [1.54, 1.807) is 43.5 Å². The minimum Gasteiger partial charge on any atom is -0.497 e. The second-order valence-corrected chi connectivity index (χ2v) is 6.39. The molecule has 6 nitrogen and oxygen atoms in total. The van der Waals surface area contributed by atoms with E-state index in [-0.39, 0.29) is 18.2 Å². The summed E-state index contributed by atoms with van der Waals surface area (Å²) in [6, 6.07) is 13.7. The molecule has 142 valence electrons. The number of benzene rings is 2. The summed E-state index contributed by atoms with van der Waals surface area (Å²) >= 11 is 0. The Balaban J connectivity index is 1.66. The highest BCUT2D eigenvalue weighted by Crippen LogP contribution is 2.27. The summed E-state index contributed by atoms with van der Waals surface area (Å²) in [5, 5.41) is 3.13. The molecule has 0 spiro atoms. The molecule has 2 aromatic rings. The summed E-state index contributed by atoms with van der Waals surface area (Å²) in [5.74, 6) is 0.998. The number of nitrogens with one attached hydrogen (secondary N) is 1. The van der Waals surface area contributed by atoms with Crippen LogP contribution in [0, 0.1) is 0 Å². The number of methoxy groups -OCH3 is 1. The molecule has 0 aliphatic carbocycles. The molecule has 1 unspecified atom stereocenters. The van der Waals surface area contributed by atoms with Gasteiger partial charge in [0.2, 0.25) is 5.91 Å². The van der Waals surface area contributed by atoms with Gasteiger partial charge in [0.15, 0.2) is 0 Å². The lowest BCUT2D eigenvalue weighted by atomic mass is 10.2. The molecule has 3 rings (SSSR count). The molecule has 27 heavy (non-hydrogen) atoms. The molecule has 6 heteroatoms. The van der Waals surface area contributed by atoms with Crippen LogP contribution >= 0.6 is 0 Å². The highest BCUT2D eigenvalue weighted by Gasteiger charge is 2.39. The molecule has 0 saturated carbocycles. The SMILES string of the molecule is CCCCOc1ccc(N2C(=O)CC(Nc3ccc(OC)cc3)C2=O)cc1. The molecule has 0 bridgehead atoms. The van der Waals surface area contributed by atoms with Gasteiger partial charge in [0, 0.05) is 5.69 Å². The molecule has 1 heterocycles. The topological polar surface area (TPSA) is 67.9 Å². The largest absolute Gasteiger partial charge is 0.497 e. The average molecular weight is 368 g/mol. The number of hydrogen-bond donors (Lipinski definition) is 1. The van der Waals surface area contributed by atoms with E-state index in [4.69, 9.17) is 9.47 Å². The number of imide groups is 1. The standard InChI is InChI=1S/C21H24N2O4/c1-3-4-13-27-18-11-7-16(8-12-18)23-20(24)14-19(21(23)25)22-15-5-9-17(26-2)10-6-15/h5-12,19,22H,3-4,13-14H2,1-2H3. The van der Waals surface area contributed by atoms with E-state index in [0.29, 0.717) is 12.3 Å². The Labute approximate surface area is 159 Å². The summed E-state index contributed by atoms with van der Waals surface area (Å²) < 4.78 is 10.8. The average Bonchev–Trinajstić information content (AvgIpc) is 2.96. The van der Waals surface area contributed by atoms with Gasteiger partial charge in [-0.2, -0.15) is 0 Å². The van der Waals surface area contributed by atoms with Gasteiger partial charge in [-0.15, -0.1) is 0 Å². The Morgan fingerprint density at radius 3 is 2.33 bits per heavy atom. The fourth-order valence-corrected chi connectivity index (χ4v) is 2.93. The first kappa shape index (κ1) is 18.8. The van der Waals surface area contributed by atoms with Gasteiger partial charge >= 0.3 is 0 Å². The fourth-order valence-electron chi connectivity index (χ4n) is 2.93. The first-order valence-electron chi connectivity index (χ1n) is 9.12. The lowest BCUT2D eigenvalue weighted by Gasteiger charge is -2.17. The second-order valence-electron chi connectivity index (χ2n) is 6.39. The minimum atomic E-state index is -0.577. The molecular formula is C21H24N2O4. The van der Waals surface area contributed by atoms with Crippen molar-refractivity contribution in [1.82, 2.24) is 0 Å². The third-order valence-corrected chi connectivity index (χ3v) is 4.44. The first-order chi connectivity index (χ1) is 13.1. The number of unbranched alkanes of at least 4 members (excludes halogenated alkanes) is 1. The van der Waals surface area contributed by atoms with E-state index in [9.17, 15) is 9.59 Å². The van der Waals surface area contributed by atoms with E-state index in [0.717, 1.165) is 30.0 Å². The number of anilines is 2. The van der Waals surface area contributed by atoms with Crippen LogP contribution < -0.4 is 19.7 Å². The molecule has 1 N–H and O–H groups in total. The van der Waals surface area contributed by atoms with Gasteiger partial charge in [-0.05, 0) is 55.0 Å². The number of nitrogens with zero attached hydrogens (tertiary/aromatic N) is 1. The smallest absolute Gasteiger partial charge is 0.256 e. The van der Waals surface area contributed by atoms with E-state index in [1.165, 1.54) is 4.90 Å². The third-order valence-electron chi connectivity index (χ3n) is 4.44. The maximum Gasteiger partial charge on any atom is 0.256 e. The van der Waals surface area contributed by atoms with Crippen molar-refractivity contribution >= 4 is 23.2 Å². The molecule has 2 aromatic carbocycles. The summed E-state index contributed by atoms with van der Waals surface area (Å²) in [4.78, 5) is 26.4. The lowest BCUT2D eigenvalue weighted by molar-refractivity contribution is -0.121. The third kappa shape index (κ3) is 4.39. The Bertz CT molecular complexity index is 787. The zero-order valence-corrected chi connectivity index (χ0v) is 15.6. The Morgan fingerprint density at radius 2 is 1.70 bits per heavy atom. The van der Waals surface area contributed by atoms with E-state index < -0.39 is 6.04 Å². The summed E-state index contributed by atoms with van der Waals surface area (Å²) in [7, 11) is 1.60. The predicted molar refractivity (Wildman–Crippen MR) is 104 cm³/mol. The van der Waals surface area contributed by atoms with Crippen molar-refractivity contribution in [3.05, 3.63) is 48.5 Å². The van der Waals surface area contributed by atoms with E-state index in [1.807, 2.05) is 12.1 Å². The normalized spacial score (nSPS) is 16.5. The van der Waals surface area contributed by atoms with Gasteiger partial charge in [0.25, 0.3) is 5.91 Å². The fraction of sp³-hybridized carbons (Fsp3) is 0.333. The van der Waals surface area contributed by atoms with Crippen molar-refractivity contribution in [2.75, 3.05) is 23.9 Å².